The van der Waals surface area contributed by atoms with Crippen LogP contribution < -0.4 is 15.0 Å². The number of anilines is 2. The zero-order valence-corrected chi connectivity index (χ0v) is 19.8. The molecule has 1 amide bonds. The highest BCUT2D eigenvalue weighted by atomic mass is 19.4. The Labute approximate surface area is 207 Å². The van der Waals surface area contributed by atoms with Crippen molar-refractivity contribution >= 4 is 17.4 Å². The molecule has 0 saturated carbocycles. The van der Waals surface area contributed by atoms with Gasteiger partial charge < -0.3 is 20.1 Å². The van der Waals surface area contributed by atoms with Crippen molar-refractivity contribution in [3.8, 4) is 11.5 Å². The van der Waals surface area contributed by atoms with Gasteiger partial charge in [-0.3, -0.25) is 9.69 Å². The Morgan fingerprint density at radius 2 is 1.92 bits per heavy atom. The molecule has 190 valence electrons. The van der Waals surface area contributed by atoms with Crippen LogP contribution in [0.1, 0.15) is 27.9 Å². The zero-order valence-electron chi connectivity index (χ0n) is 19.8. The van der Waals surface area contributed by atoms with E-state index >= 15 is 0 Å². The van der Waals surface area contributed by atoms with Gasteiger partial charge in [0.05, 0.1) is 24.6 Å². The summed E-state index contributed by atoms with van der Waals surface area (Å²) < 4.78 is 44.0. The van der Waals surface area contributed by atoms with Gasteiger partial charge in [0.15, 0.2) is 11.5 Å². The number of nitrogens with zero attached hydrogens (tertiary/aromatic N) is 3. The van der Waals surface area contributed by atoms with E-state index in [9.17, 15) is 23.1 Å². The van der Waals surface area contributed by atoms with E-state index in [2.05, 4.69) is 20.1 Å². The van der Waals surface area contributed by atoms with E-state index in [0.717, 1.165) is 62.7 Å². The van der Waals surface area contributed by atoms with Gasteiger partial charge in [-0.2, -0.15) is 13.2 Å². The molecule has 2 aromatic carbocycles. The summed E-state index contributed by atoms with van der Waals surface area (Å²) in [4.78, 5) is 21.4. The lowest BCUT2D eigenvalue weighted by molar-refractivity contribution is -0.137. The third kappa shape index (κ3) is 6.25. The second-order valence-electron chi connectivity index (χ2n) is 8.56. The van der Waals surface area contributed by atoms with Gasteiger partial charge in [-0.25, -0.2) is 4.98 Å². The summed E-state index contributed by atoms with van der Waals surface area (Å²) >= 11 is 0. The molecular formula is C26H27F3N4O3. The molecule has 0 spiro atoms. The van der Waals surface area contributed by atoms with Crippen LogP contribution in [0, 0.1) is 0 Å². The number of ether oxygens (including phenoxy) is 1. The number of aromatic nitrogens is 1. The minimum absolute atomic E-state index is 0.0761. The lowest BCUT2D eigenvalue weighted by Gasteiger charge is -2.23. The van der Waals surface area contributed by atoms with Crippen molar-refractivity contribution < 1.29 is 27.8 Å². The number of hydrogen-bond donors (Lipinski definition) is 2. The first-order valence-corrected chi connectivity index (χ1v) is 11.5. The number of amides is 1. The van der Waals surface area contributed by atoms with E-state index < -0.39 is 17.6 Å². The lowest BCUT2D eigenvalue weighted by atomic mass is 10.1. The molecular weight excluding hydrogens is 473 g/mol. The Hall–Kier alpha value is -3.79. The van der Waals surface area contributed by atoms with Crippen LogP contribution in [0.3, 0.4) is 0 Å². The van der Waals surface area contributed by atoms with Gasteiger partial charge in [0, 0.05) is 38.3 Å². The maximum Gasteiger partial charge on any atom is 0.416 e. The summed E-state index contributed by atoms with van der Waals surface area (Å²) in [6.45, 7) is 4.04. The van der Waals surface area contributed by atoms with Crippen LogP contribution in [0.25, 0.3) is 0 Å². The number of pyridine rings is 1. The highest BCUT2D eigenvalue weighted by molar-refractivity contribution is 6.04. The first-order valence-electron chi connectivity index (χ1n) is 11.5. The second kappa shape index (κ2) is 10.9. The largest absolute Gasteiger partial charge is 0.504 e. The fourth-order valence-corrected chi connectivity index (χ4v) is 4.12. The molecule has 0 radical (unpaired) electrons. The summed E-state index contributed by atoms with van der Waals surface area (Å²) in [6, 6.07) is 13.1. The Morgan fingerprint density at radius 3 is 2.64 bits per heavy atom. The minimum atomic E-state index is -4.51. The fourth-order valence-electron chi connectivity index (χ4n) is 4.12. The van der Waals surface area contributed by atoms with Crippen LogP contribution in [0.4, 0.5) is 24.7 Å². The Kier molecular flexibility index (Phi) is 7.64. The van der Waals surface area contributed by atoms with Gasteiger partial charge in [-0.05, 0) is 54.4 Å². The van der Waals surface area contributed by atoms with Crippen LogP contribution >= 0.6 is 0 Å². The molecule has 10 heteroatoms. The maximum atomic E-state index is 12.9. The molecule has 1 saturated heterocycles. The molecule has 1 aliphatic heterocycles. The van der Waals surface area contributed by atoms with E-state index in [0.29, 0.717) is 11.4 Å². The first-order chi connectivity index (χ1) is 17.2. The van der Waals surface area contributed by atoms with Gasteiger partial charge in [-0.15, -0.1) is 0 Å². The number of aromatic hydroxyl groups is 1. The van der Waals surface area contributed by atoms with Crippen LogP contribution in [-0.4, -0.2) is 54.2 Å². The molecule has 2 heterocycles. The lowest BCUT2D eigenvalue weighted by Crippen LogP contribution is -2.31. The topological polar surface area (TPSA) is 77.9 Å². The number of halogens is 3. The summed E-state index contributed by atoms with van der Waals surface area (Å²) in [5.41, 5.74) is 0.507. The maximum absolute atomic E-state index is 12.9. The number of phenols is 1. The summed E-state index contributed by atoms with van der Waals surface area (Å²) in [5.74, 6) is 0.698. The number of methoxy groups -OCH3 is 1. The number of benzene rings is 2. The molecule has 0 unspecified atom stereocenters. The van der Waals surface area contributed by atoms with Gasteiger partial charge >= 0.3 is 6.18 Å². The monoisotopic (exact) mass is 500 g/mol. The quantitative estimate of drug-likeness (QED) is 0.507. The van der Waals surface area contributed by atoms with Crippen molar-refractivity contribution in [2.45, 2.75) is 19.1 Å². The van der Waals surface area contributed by atoms with Crippen molar-refractivity contribution in [1.82, 2.24) is 9.88 Å². The van der Waals surface area contributed by atoms with Crippen molar-refractivity contribution in [3.05, 3.63) is 77.5 Å². The van der Waals surface area contributed by atoms with Gasteiger partial charge in [0.1, 0.15) is 5.82 Å². The Bertz CT molecular complexity index is 1200. The Morgan fingerprint density at radius 1 is 1.08 bits per heavy atom. The minimum Gasteiger partial charge on any atom is -0.504 e. The number of hydrogen-bond acceptors (Lipinski definition) is 6. The fraction of sp³-hybridized carbons (Fsp3) is 0.308. The number of nitrogens with one attached hydrogen (secondary N) is 1. The van der Waals surface area contributed by atoms with Crippen LogP contribution in [0.2, 0.25) is 0 Å². The smallest absolute Gasteiger partial charge is 0.416 e. The van der Waals surface area contributed by atoms with Crippen LogP contribution in [0.15, 0.2) is 60.8 Å². The van der Waals surface area contributed by atoms with Crippen molar-refractivity contribution in [2.75, 3.05) is 43.5 Å². The third-order valence-corrected chi connectivity index (χ3v) is 6.02. The molecule has 1 fully saturated rings. The predicted octanol–water partition coefficient (Wildman–Crippen LogP) is 4.78. The predicted molar refractivity (Wildman–Crippen MR) is 130 cm³/mol. The normalized spacial score (nSPS) is 14.8. The van der Waals surface area contributed by atoms with Crippen molar-refractivity contribution in [2.24, 2.45) is 0 Å². The molecule has 0 atom stereocenters. The zero-order chi connectivity index (χ0) is 25.7. The standard InChI is InChI=1S/C26H27F3N4O3/c1-36-23-14-18(6-8-22(23)34)17-32-10-3-11-33(13-12-32)24-9-7-21(16-30-24)31-25(35)19-4-2-5-20(15-19)26(27,28)29/h2,4-9,14-16,34H,3,10-13,17H2,1H3,(H,31,35). The van der Waals surface area contributed by atoms with Gasteiger partial charge in [0.25, 0.3) is 5.91 Å². The number of carbonyl (C=O) groups excluding carboxylic acids is 1. The molecule has 0 aliphatic carbocycles. The van der Waals surface area contributed by atoms with Crippen molar-refractivity contribution in [1.29, 1.82) is 0 Å². The first kappa shape index (κ1) is 25.3. The molecule has 3 aromatic rings. The highest BCUT2D eigenvalue weighted by Gasteiger charge is 2.31. The number of rotatable bonds is 6. The van der Waals surface area contributed by atoms with Crippen LogP contribution in [-0.2, 0) is 12.7 Å². The summed E-state index contributed by atoms with van der Waals surface area (Å²) in [5, 5.41) is 12.4. The molecule has 4 rings (SSSR count). The highest BCUT2D eigenvalue weighted by Crippen LogP contribution is 2.30. The molecule has 0 bridgehead atoms. The average molecular weight is 501 g/mol. The van der Waals surface area contributed by atoms with E-state index in [-0.39, 0.29) is 11.3 Å². The summed E-state index contributed by atoms with van der Waals surface area (Å²) in [7, 11) is 1.53. The molecule has 2 N–H and O–H groups in total. The van der Waals surface area contributed by atoms with E-state index in [4.69, 9.17) is 4.74 Å². The second-order valence-corrected chi connectivity index (χ2v) is 8.56. The molecule has 36 heavy (non-hydrogen) atoms. The average Bonchev–Trinajstić information content (AvgIpc) is 3.11. The number of phenolic OH excluding ortho intramolecular Hbond substituents is 1. The van der Waals surface area contributed by atoms with Crippen LogP contribution in [0.5, 0.6) is 11.5 Å². The summed E-state index contributed by atoms with van der Waals surface area (Å²) in [6.07, 6.45) is -2.07. The third-order valence-electron chi connectivity index (χ3n) is 6.02. The van der Waals surface area contributed by atoms with Gasteiger partial charge in [0.2, 0.25) is 0 Å². The van der Waals surface area contributed by atoms with Crippen molar-refractivity contribution in [3.63, 3.8) is 0 Å². The Balaban J connectivity index is 1.34. The number of carbonyl (C=O) groups is 1. The van der Waals surface area contributed by atoms with E-state index in [1.165, 1.54) is 25.4 Å². The SMILES string of the molecule is COc1cc(CN2CCCN(c3ccc(NC(=O)c4cccc(C(F)(F)F)c4)cn3)CC2)ccc1O. The molecule has 1 aromatic heterocycles. The number of alkyl halides is 3. The molecule has 7 nitrogen and oxygen atoms in total. The van der Waals surface area contributed by atoms with Gasteiger partial charge in [-0.1, -0.05) is 12.1 Å². The molecule has 1 aliphatic rings. The van der Waals surface area contributed by atoms with E-state index in [1.54, 1.807) is 18.2 Å². The van der Waals surface area contributed by atoms with E-state index in [1.807, 2.05) is 12.1 Å².